The van der Waals surface area contributed by atoms with E-state index in [1.807, 2.05) is 6.92 Å². The first-order valence-corrected chi connectivity index (χ1v) is 10.7. The van der Waals surface area contributed by atoms with Gasteiger partial charge in [0.1, 0.15) is 5.75 Å². The minimum atomic E-state index is -1.91. The first-order valence-electron chi connectivity index (χ1n) is 10.7. The molecule has 2 saturated heterocycles. The molecule has 3 rings (SSSR count). The lowest BCUT2D eigenvalue weighted by atomic mass is 9.51. The fourth-order valence-corrected chi connectivity index (χ4v) is 5.37. The van der Waals surface area contributed by atoms with Gasteiger partial charge in [-0.15, -0.1) is 0 Å². The molecule has 5 atom stereocenters. The maximum Gasteiger partial charge on any atom is 0.218 e. The molecule has 2 aliphatic rings. The van der Waals surface area contributed by atoms with E-state index in [-0.39, 0.29) is 5.92 Å². The Kier molecular flexibility index (Phi) is 5.99. The smallest absolute Gasteiger partial charge is 0.218 e. The number of nitriles is 3. The molecule has 2 fully saturated rings. The predicted molar refractivity (Wildman–Crippen MR) is 113 cm³/mol. The van der Waals surface area contributed by atoms with Crippen LogP contribution in [0.15, 0.2) is 24.3 Å². The van der Waals surface area contributed by atoms with Gasteiger partial charge in [0.15, 0.2) is 10.8 Å². The maximum absolute atomic E-state index is 10.5. The first-order chi connectivity index (χ1) is 14.9. The second kappa shape index (κ2) is 8.22. The Morgan fingerprint density at radius 3 is 2.39 bits per heavy atom. The third-order valence-corrected chi connectivity index (χ3v) is 6.89. The zero-order valence-corrected chi connectivity index (χ0v) is 18.4. The molecule has 162 valence electrons. The molecule has 1 aromatic rings. The molecule has 31 heavy (non-hydrogen) atoms. The van der Waals surface area contributed by atoms with Crippen molar-refractivity contribution in [2.24, 2.45) is 16.7 Å². The van der Waals surface area contributed by atoms with Crippen LogP contribution in [0.1, 0.15) is 57.9 Å². The van der Waals surface area contributed by atoms with Gasteiger partial charge in [-0.1, -0.05) is 51.3 Å². The van der Waals surface area contributed by atoms with Gasteiger partial charge in [-0.25, -0.2) is 0 Å². The normalized spacial score (nSPS) is 31.6. The number of nitrogens with one attached hydrogen (secondary N) is 1. The number of para-hydroxylation sites is 1. The molecule has 1 N–H and O–H groups in total. The Balaban J connectivity index is 2.32. The van der Waals surface area contributed by atoms with E-state index in [9.17, 15) is 15.8 Å². The Morgan fingerprint density at radius 2 is 1.84 bits per heavy atom. The third kappa shape index (κ3) is 2.90. The van der Waals surface area contributed by atoms with Crippen LogP contribution in [0.25, 0.3) is 0 Å². The van der Waals surface area contributed by atoms with Crippen molar-refractivity contribution in [1.82, 2.24) is 0 Å². The van der Waals surface area contributed by atoms with E-state index in [0.29, 0.717) is 17.7 Å². The van der Waals surface area contributed by atoms with Crippen molar-refractivity contribution in [2.75, 3.05) is 7.11 Å². The number of nitrogens with zero attached hydrogens (tertiary/aromatic N) is 3. The van der Waals surface area contributed by atoms with Crippen LogP contribution in [0.3, 0.4) is 0 Å². The molecule has 7 heteroatoms. The highest BCUT2D eigenvalue weighted by Crippen LogP contribution is 2.68. The summed E-state index contributed by atoms with van der Waals surface area (Å²) in [6.07, 6.45) is 2.45. The maximum atomic E-state index is 10.5. The highest BCUT2D eigenvalue weighted by atomic mass is 16.7. The number of benzene rings is 1. The van der Waals surface area contributed by atoms with Crippen LogP contribution in [0.4, 0.5) is 0 Å². The van der Waals surface area contributed by atoms with Crippen LogP contribution >= 0.6 is 0 Å². The average molecular weight is 421 g/mol. The summed E-state index contributed by atoms with van der Waals surface area (Å²) in [5.41, 5.74) is -3.16. The van der Waals surface area contributed by atoms with E-state index in [1.165, 1.54) is 7.11 Å². The Morgan fingerprint density at radius 1 is 1.16 bits per heavy atom. The summed E-state index contributed by atoms with van der Waals surface area (Å²) in [4.78, 5) is 0. The Hall–Kier alpha value is -3.08. The van der Waals surface area contributed by atoms with Crippen LogP contribution in [0, 0.1) is 56.2 Å². The van der Waals surface area contributed by atoms with Crippen LogP contribution < -0.4 is 4.74 Å². The monoisotopic (exact) mass is 420 g/mol. The summed E-state index contributed by atoms with van der Waals surface area (Å²) in [5, 5.41) is 40.0. The fraction of sp³-hybridized carbons (Fsp3) is 0.583. The van der Waals surface area contributed by atoms with E-state index in [0.717, 1.165) is 19.3 Å². The van der Waals surface area contributed by atoms with Crippen molar-refractivity contribution < 1.29 is 14.2 Å². The van der Waals surface area contributed by atoms with Crippen LogP contribution in [0.2, 0.25) is 0 Å². The summed E-state index contributed by atoms with van der Waals surface area (Å²) >= 11 is 0. The van der Waals surface area contributed by atoms with E-state index in [4.69, 9.17) is 19.6 Å². The average Bonchev–Trinajstić information content (AvgIpc) is 2.97. The molecule has 0 aromatic heterocycles. The molecule has 0 radical (unpaired) electrons. The fourth-order valence-electron chi connectivity index (χ4n) is 5.37. The zero-order chi connectivity index (χ0) is 22.9. The van der Waals surface area contributed by atoms with Crippen molar-refractivity contribution in [3.8, 4) is 24.0 Å². The van der Waals surface area contributed by atoms with Crippen molar-refractivity contribution in [1.29, 1.82) is 21.2 Å². The van der Waals surface area contributed by atoms with Crippen molar-refractivity contribution >= 4 is 5.90 Å². The largest absolute Gasteiger partial charge is 0.496 e. The van der Waals surface area contributed by atoms with Gasteiger partial charge in [-0.05, 0) is 18.4 Å². The van der Waals surface area contributed by atoms with Gasteiger partial charge in [0.05, 0.1) is 37.3 Å². The van der Waals surface area contributed by atoms with Crippen LogP contribution in [-0.4, -0.2) is 24.9 Å². The van der Waals surface area contributed by atoms with Gasteiger partial charge in [0, 0.05) is 12.5 Å². The predicted octanol–water partition coefficient (Wildman–Crippen LogP) is 4.66. The number of hydrogen-bond acceptors (Lipinski definition) is 7. The minimum absolute atomic E-state index is 0.126. The van der Waals surface area contributed by atoms with Gasteiger partial charge in [-0.3, -0.25) is 5.41 Å². The molecule has 0 amide bonds. The van der Waals surface area contributed by atoms with Gasteiger partial charge >= 0.3 is 0 Å². The molecule has 0 saturated carbocycles. The molecular formula is C24H28N4O3. The molecule has 0 aliphatic carbocycles. The van der Waals surface area contributed by atoms with Crippen molar-refractivity contribution in [3.05, 3.63) is 29.8 Å². The van der Waals surface area contributed by atoms with Gasteiger partial charge < -0.3 is 14.2 Å². The van der Waals surface area contributed by atoms with E-state index >= 15 is 0 Å². The molecule has 2 heterocycles. The van der Waals surface area contributed by atoms with Crippen LogP contribution in [-0.2, 0) is 9.47 Å². The molecule has 2 bridgehead atoms. The number of methoxy groups -OCH3 is 1. The Bertz CT molecular complexity index is 974. The topological polar surface area (TPSA) is 123 Å². The van der Waals surface area contributed by atoms with Crippen LogP contribution in [0.5, 0.6) is 5.75 Å². The lowest BCUT2D eigenvalue weighted by molar-refractivity contribution is -0.263. The lowest BCUT2D eigenvalue weighted by Crippen LogP contribution is -2.62. The second-order valence-electron chi connectivity index (χ2n) is 8.42. The molecule has 2 aliphatic heterocycles. The zero-order valence-electron chi connectivity index (χ0n) is 18.4. The molecule has 5 unspecified atom stereocenters. The van der Waals surface area contributed by atoms with Crippen molar-refractivity contribution in [3.63, 3.8) is 0 Å². The molecule has 0 spiro atoms. The molecule has 7 nitrogen and oxygen atoms in total. The van der Waals surface area contributed by atoms with Gasteiger partial charge in [-0.2, -0.15) is 15.8 Å². The van der Waals surface area contributed by atoms with E-state index in [2.05, 4.69) is 25.1 Å². The number of unbranched alkanes of at least 4 members (excludes halogenated alkanes) is 1. The standard InChI is InChI=1S/C24H28N4O3/c1-5-7-10-16(6-2)20-23(13-25,14-26)24(15-27)19(22(3,30-20)31-21(24)28)17-11-8-9-12-18(17)29-4/h8-9,11-12,16,19-20,28H,5-7,10H2,1-4H3. The van der Waals surface area contributed by atoms with E-state index < -0.39 is 34.5 Å². The number of hydrogen-bond donors (Lipinski definition) is 1. The quantitative estimate of drug-likeness (QED) is 0.684. The summed E-state index contributed by atoms with van der Waals surface area (Å²) in [6.45, 7) is 5.76. The Labute approximate surface area is 183 Å². The second-order valence-corrected chi connectivity index (χ2v) is 8.42. The summed E-state index contributed by atoms with van der Waals surface area (Å²) in [5.74, 6) is -2.30. The van der Waals surface area contributed by atoms with E-state index in [1.54, 1.807) is 31.2 Å². The summed E-state index contributed by atoms with van der Waals surface area (Å²) in [6, 6.07) is 13.6. The molecular weight excluding hydrogens is 392 g/mol. The number of ether oxygens (including phenoxy) is 3. The SMILES string of the molecule is CCCCC(CC)C1OC2(C)OC(=N)C(C#N)(C2c2ccccc2OC)C1(C#N)C#N. The highest BCUT2D eigenvalue weighted by Gasteiger charge is 2.80. The third-order valence-electron chi connectivity index (χ3n) is 6.89. The highest BCUT2D eigenvalue weighted by molar-refractivity contribution is 5.90. The number of fused-ring (bicyclic) bond motifs is 2. The summed E-state index contributed by atoms with van der Waals surface area (Å²) in [7, 11) is 1.51. The van der Waals surface area contributed by atoms with Crippen molar-refractivity contribution in [2.45, 2.75) is 64.3 Å². The van der Waals surface area contributed by atoms with Gasteiger partial charge in [0.25, 0.3) is 0 Å². The van der Waals surface area contributed by atoms with Gasteiger partial charge in [0.2, 0.25) is 11.7 Å². The first kappa shape index (κ1) is 22.6. The minimum Gasteiger partial charge on any atom is -0.496 e. The summed E-state index contributed by atoms with van der Waals surface area (Å²) < 4.78 is 17.9. The lowest BCUT2D eigenvalue weighted by Gasteiger charge is -2.51. The number of rotatable bonds is 7. The molecule has 1 aromatic carbocycles.